The highest BCUT2D eigenvalue weighted by molar-refractivity contribution is 5.92. The van der Waals surface area contributed by atoms with Gasteiger partial charge in [-0.1, -0.05) is 19.8 Å². The second-order valence-corrected chi connectivity index (χ2v) is 5.75. The zero-order valence-corrected chi connectivity index (χ0v) is 12.8. The van der Waals surface area contributed by atoms with E-state index in [-0.39, 0.29) is 11.8 Å². The number of benzene rings is 1. The topological polar surface area (TPSA) is 64.3 Å². The molecule has 2 atom stereocenters. The Morgan fingerprint density at radius 3 is 2.67 bits per heavy atom. The largest absolute Gasteiger partial charge is 0.494 e. The van der Waals surface area contributed by atoms with Crippen LogP contribution < -0.4 is 15.8 Å². The molecule has 3 N–H and O–H groups in total. The minimum atomic E-state index is 0.0553. The first-order valence-corrected chi connectivity index (χ1v) is 7.98. The molecule has 2 unspecified atom stereocenters. The third-order valence-electron chi connectivity index (χ3n) is 4.14. The van der Waals surface area contributed by atoms with Crippen molar-refractivity contribution in [1.82, 2.24) is 0 Å². The lowest BCUT2D eigenvalue weighted by molar-refractivity contribution is -0.122. The van der Waals surface area contributed by atoms with Crippen LogP contribution in [0, 0.1) is 11.8 Å². The van der Waals surface area contributed by atoms with Gasteiger partial charge in [0.2, 0.25) is 5.91 Å². The van der Waals surface area contributed by atoms with E-state index >= 15 is 0 Å². The Kier molecular flexibility index (Phi) is 6.05. The normalized spacial score (nSPS) is 21.8. The van der Waals surface area contributed by atoms with Crippen molar-refractivity contribution in [2.45, 2.75) is 39.0 Å². The molecule has 1 fully saturated rings. The molecule has 1 saturated carbocycles. The highest BCUT2D eigenvalue weighted by atomic mass is 16.5. The van der Waals surface area contributed by atoms with Gasteiger partial charge in [-0.2, -0.15) is 0 Å². The fourth-order valence-electron chi connectivity index (χ4n) is 2.92. The predicted molar refractivity (Wildman–Crippen MR) is 85.4 cm³/mol. The minimum Gasteiger partial charge on any atom is -0.494 e. The number of nitrogens with two attached hydrogens (primary N) is 1. The third-order valence-corrected chi connectivity index (χ3v) is 4.14. The summed E-state index contributed by atoms with van der Waals surface area (Å²) in [5.74, 6) is 1.32. The van der Waals surface area contributed by atoms with Crippen molar-refractivity contribution >= 4 is 11.6 Å². The highest BCUT2D eigenvalue weighted by Gasteiger charge is 2.29. The van der Waals surface area contributed by atoms with Gasteiger partial charge in [-0.3, -0.25) is 4.79 Å². The maximum Gasteiger partial charge on any atom is 0.227 e. The van der Waals surface area contributed by atoms with Crippen molar-refractivity contribution in [3.05, 3.63) is 24.3 Å². The summed E-state index contributed by atoms with van der Waals surface area (Å²) in [4.78, 5) is 12.4. The summed E-state index contributed by atoms with van der Waals surface area (Å²) in [6, 6.07) is 7.57. The van der Waals surface area contributed by atoms with Gasteiger partial charge in [0.1, 0.15) is 5.75 Å². The Morgan fingerprint density at radius 1 is 1.29 bits per heavy atom. The van der Waals surface area contributed by atoms with E-state index in [1.807, 2.05) is 24.3 Å². The second-order valence-electron chi connectivity index (χ2n) is 5.75. The zero-order valence-electron chi connectivity index (χ0n) is 12.8. The Morgan fingerprint density at radius 2 is 2.00 bits per heavy atom. The van der Waals surface area contributed by atoms with Gasteiger partial charge in [-0.05, 0) is 56.0 Å². The van der Waals surface area contributed by atoms with Crippen molar-refractivity contribution in [2.24, 2.45) is 17.6 Å². The summed E-state index contributed by atoms with van der Waals surface area (Å²) in [7, 11) is 0. The van der Waals surface area contributed by atoms with Crippen LogP contribution in [-0.2, 0) is 4.79 Å². The highest BCUT2D eigenvalue weighted by Crippen LogP contribution is 2.30. The number of anilines is 1. The molecular formula is C17H26N2O2. The summed E-state index contributed by atoms with van der Waals surface area (Å²) >= 11 is 0. The van der Waals surface area contributed by atoms with Crippen LogP contribution in [0.25, 0.3) is 0 Å². The SMILES string of the molecule is CCCOc1ccc(NC(=O)C2CCCCC2CN)cc1. The number of nitrogens with one attached hydrogen (secondary N) is 1. The lowest BCUT2D eigenvalue weighted by Crippen LogP contribution is -2.35. The molecule has 1 amide bonds. The first-order valence-electron chi connectivity index (χ1n) is 7.98. The van der Waals surface area contributed by atoms with Crippen LogP contribution in [0.5, 0.6) is 5.75 Å². The van der Waals surface area contributed by atoms with E-state index in [1.165, 1.54) is 6.42 Å². The smallest absolute Gasteiger partial charge is 0.227 e. The molecule has 1 aliphatic rings. The van der Waals surface area contributed by atoms with Crippen LogP contribution in [0.1, 0.15) is 39.0 Å². The Labute approximate surface area is 127 Å². The van der Waals surface area contributed by atoms with Crippen molar-refractivity contribution < 1.29 is 9.53 Å². The van der Waals surface area contributed by atoms with E-state index in [2.05, 4.69) is 12.2 Å². The van der Waals surface area contributed by atoms with Crippen LogP contribution in [0.4, 0.5) is 5.69 Å². The van der Waals surface area contributed by atoms with Crippen molar-refractivity contribution in [3.63, 3.8) is 0 Å². The van der Waals surface area contributed by atoms with Gasteiger partial charge in [0, 0.05) is 11.6 Å². The van der Waals surface area contributed by atoms with Crippen LogP contribution in [0.15, 0.2) is 24.3 Å². The van der Waals surface area contributed by atoms with Crippen molar-refractivity contribution in [3.8, 4) is 5.75 Å². The maximum atomic E-state index is 12.4. The predicted octanol–water partition coefficient (Wildman–Crippen LogP) is 3.18. The molecule has 2 rings (SSSR count). The molecular weight excluding hydrogens is 264 g/mol. The number of carbonyl (C=O) groups is 1. The fourth-order valence-corrected chi connectivity index (χ4v) is 2.92. The Balaban J connectivity index is 1.92. The second kappa shape index (κ2) is 8.03. The van der Waals surface area contributed by atoms with Gasteiger partial charge in [0.05, 0.1) is 6.61 Å². The molecule has 0 aromatic heterocycles. The molecule has 0 saturated heterocycles. The molecule has 0 heterocycles. The van der Waals surface area contributed by atoms with Gasteiger partial charge >= 0.3 is 0 Å². The van der Waals surface area contributed by atoms with Crippen LogP contribution in [-0.4, -0.2) is 19.1 Å². The number of amides is 1. The van der Waals surface area contributed by atoms with E-state index < -0.39 is 0 Å². The molecule has 116 valence electrons. The van der Waals surface area contributed by atoms with Crippen LogP contribution in [0.2, 0.25) is 0 Å². The minimum absolute atomic E-state index is 0.0553. The zero-order chi connectivity index (χ0) is 15.1. The first kappa shape index (κ1) is 15.8. The van der Waals surface area contributed by atoms with Gasteiger partial charge in [-0.15, -0.1) is 0 Å². The lowest BCUT2D eigenvalue weighted by atomic mass is 9.78. The molecule has 4 heteroatoms. The molecule has 0 radical (unpaired) electrons. The molecule has 21 heavy (non-hydrogen) atoms. The van der Waals surface area contributed by atoms with E-state index in [4.69, 9.17) is 10.5 Å². The van der Waals surface area contributed by atoms with Gasteiger partial charge in [0.15, 0.2) is 0 Å². The number of hydrogen-bond donors (Lipinski definition) is 2. The summed E-state index contributed by atoms with van der Waals surface area (Å²) in [6.07, 6.45) is 5.32. The van der Waals surface area contributed by atoms with E-state index in [0.29, 0.717) is 19.1 Å². The van der Waals surface area contributed by atoms with Crippen molar-refractivity contribution in [2.75, 3.05) is 18.5 Å². The molecule has 0 aliphatic heterocycles. The maximum absolute atomic E-state index is 12.4. The average molecular weight is 290 g/mol. The van der Waals surface area contributed by atoms with E-state index in [0.717, 1.165) is 37.1 Å². The number of ether oxygens (including phenoxy) is 1. The third kappa shape index (κ3) is 4.46. The number of rotatable bonds is 6. The van der Waals surface area contributed by atoms with E-state index in [9.17, 15) is 4.79 Å². The summed E-state index contributed by atoms with van der Waals surface area (Å²) in [5, 5.41) is 3.01. The number of hydrogen-bond acceptors (Lipinski definition) is 3. The molecule has 0 bridgehead atoms. The summed E-state index contributed by atoms with van der Waals surface area (Å²) in [6.45, 7) is 3.39. The molecule has 4 nitrogen and oxygen atoms in total. The lowest BCUT2D eigenvalue weighted by Gasteiger charge is -2.29. The number of carbonyl (C=O) groups excluding carboxylic acids is 1. The molecule has 1 aliphatic carbocycles. The summed E-state index contributed by atoms with van der Waals surface area (Å²) in [5.41, 5.74) is 6.62. The van der Waals surface area contributed by atoms with E-state index in [1.54, 1.807) is 0 Å². The standard InChI is InChI=1S/C17H26N2O2/c1-2-11-21-15-9-7-14(8-10-15)19-17(20)16-6-4-3-5-13(16)12-18/h7-10,13,16H,2-6,11-12,18H2,1H3,(H,19,20). The average Bonchev–Trinajstić information content (AvgIpc) is 2.54. The summed E-state index contributed by atoms with van der Waals surface area (Å²) < 4.78 is 5.54. The van der Waals surface area contributed by atoms with Gasteiger partial charge < -0.3 is 15.8 Å². The monoisotopic (exact) mass is 290 g/mol. The van der Waals surface area contributed by atoms with Gasteiger partial charge in [-0.25, -0.2) is 0 Å². The first-order chi connectivity index (χ1) is 10.2. The quantitative estimate of drug-likeness (QED) is 0.845. The van der Waals surface area contributed by atoms with Crippen molar-refractivity contribution in [1.29, 1.82) is 0 Å². The Hall–Kier alpha value is -1.55. The molecule has 1 aromatic rings. The van der Waals surface area contributed by atoms with Crippen LogP contribution in [0.3, 0.4) is 0 Å². The molecule has 1 aromatic carbocycles. The fraction of sp³-hybridized carbons (Fsp3) is 0.588. The molecule has 0 spiro atoms. The van der Waals surface area contributed by atoms with Gasteiger partial charge in [0.25, 0.3) is 0 Å². The Bertz CT molecular complexity index is 445. The van der Waals surface area contributed by atoms with Crippen LogP contribution >= 0.6 is 0 Å².